The van der Waals surface area contributed by atoms with Gasteiger partial charge in [-0.25, -0.2) is 0 Å². The van der Waals surface area contributed by atoms with Crippen LogP contribution in [0.5, 0.6) is 0 Å². The molecule has 0 aliphatic heterocycles. The van der Waals surface area contributed by atoms with Crippen molar-refractivity contribution in [1.82, 2.24) is 0 Å². The molecule has 382 valence electrons. The summed E-state index contributed by atoms with van der Waals surface area (Å²) in [6.07, 6.45) is 38.1. The Morgan fingerprint density at radius 1 is 0.521 bits per heavy atom. The number of benzene rings is 6. The van der Waals surface area contributed by atoms with Crippen molar-refractivity contribution in [2.24, 2.45) is 0 Å². The number of ether oxygens (including phenoxy) is 1. The molecule has 7 aromatic rings. The van der Waals surface area contributed by atoms with Crippen molar-refractivity contribution >= 4 is 33.1 Å². The van der Waals surface area contributed by atoms with Crippen LogP contribution in [0.4, 0.5) is 0 Å². The normalized spacial score (nSPS) is 10.7. The monoisotopic (exact) mass is 971 g/mol. The lowest BCUT2D eigenvalue weighted by molar-refractivity contribution is 0.334. The highest BCUT2D eigenvalue weighted by atomic mass is 16.5. The first-order chi connectivity index (χ1) is 35.5. The number of hydrogen-bond acceptors (Lipinski definition) is 2. The summed E-state index contributed by atoms with van der Waals surface area (Å²) in [5.74, 6) is 0. The van der Waals surface area contributed by atoms with Gasteiger partial charge < -0.3 is 9.15 Å². The molecule has 7 rings (SSSR count). The third-order valence-corrected chi connectivity index (χ3v) is 10.3. The largest absolute Gasteiger partial charge is 0.504 e. The van der Waals surface area contributed by atoms with E-state index < -0.39 is 0 Å². The van der Waals surface area contributed by atoms with Gasteiger partial charge in [0, 0.05) is 10.8 Å². The zero-order valence-electron chi connectivity index (χ0n) is 46.4. The first-order valence-corrected chi connectivity index (χ1v) is 25.1. The molecule has 0 radical (unpaired) electrons. The minimum absolute atomic E-state index is 0.868. The maximum absolute atomic E-state index is 6.07. The lowest BCUT2D eigenvalue weighted by Gasteiger charge is -2.01. The summed E-state index contributed by atoms with van der Waals surface area (Å²) in [5.41, 5.74) is 14.8. The van der Waals surface area contributed by atoms with Crippen molar-refractivity contribution in [1.29, 1.82) is 0 Å². The van der Waals surface area contributed by atoms with Crippen LogP contribution < -0.4 is 0 Å². The van der Waals surface area contributed by atoms with Crippen molar-refractivity contribution in [3.05, 3.63) is 289 Å². The predicted octanol–water partition coefficient (Wildman–Crippen LogP) is 21.0. The first kappa shape index (κ1) is 65.1. The smallest absolute Gasteiger partial charge is 0.138 e. The van der Waals surface area contributed by atoms with Crippen molar-refractivity contribution in [3.8, 4) is 12.8 Å². The van der Waals surface area contributed by atoms with Gasteiger partial charge in [0.25, 0.3) is 0 Å². The summed E-state index contributed by atoms with van der Waals surface area (Å²) >= 11 is 0. The molecule has 1 aromatic heterocycles. The number of terminal acetylenes is 1. The van der Waals surface area contributed by atoms with E-state index in [0.29, 0.717) is 0 Å². The van der Waals surface area contributed by atoms with Gasteiger partial charge in [-0.1, -0.05) is 242 Å². The SMILES string of the molecule is C#C.C(/C=C\Cc1cccc2c1oc1ccccc12)=C/Cc1ccccc1.C/C=C(\C=C/CC)c1ccccc1.C/C=C\C.C/C=C\C(=C/C)c1ccc(C)cc1.C=C.COC=C(C)C.Cc1ccc(C)cc1. The van der Waals surface area contributed by atoms with E-state index in [-0.39, 0.29) is 0 Å². The fourth-order valence-electron chi connectivity index (χ4n) is 6.53. The Labute approximate surface area is 444 Å². The highest BCUT2D eigenvalue weighted by Gasteiger charge is 2.08. The van der Waals surface area contributed by atoms with Crippen LogP contribution in [-0.2, 0) is 17.6 Å². The molecule has 0 saturated carbocycles. The van der Waals surface area contributed by atoms with Crippen molar-refractivity contribution < 1.29 is 9.15 Å². The van der Waals surface area contributed by atoms with E-state index in [1.165, 1.54) is 66.4 Å². The van der Waals surface area contributed by atoms with Gasteiger partial charge in [-0.2, -0.15) is 0 Å². The van der Waals surface area contributed by atoms with Crippen LogP contribution >= 0.6 is 0 Å². The average Bonchev–Trinajstić information content (AvgIpc) is 3.82. The van der Waals surface area contributed by atoms with E-state index >= 15 is 0 Å². The van der Waals surface area contributed by atoms with Crippen LogP contribution in [0, 0.1) is 33.6 Å². The van der Waals surface area contributed by atoms with Gasteiger partial charge in [0.2, 0.25) is 0 Å². The Balaban J connectivity index is 0.000000926. The molecular formula is C71H86O2. The zero-order chi connectivity index (χ0) is 54.5. The Morgan fingerprint density at radius 2 is 0.986 bits per heavy atom. The molecule has 1 heterocycles. The van der Waals surface area contributed by atoms with Gasteiger partial charge >= 0.3 is 0 Å². The van der Waals surface area contributed by atoms with E-state index in [1.807, 2.05) is 71.0 Å². The molecule has 0 bridgehead atoms. The lowest BCUT2D eigenvalue weighted by Crippen LogP contribution is -1.81. The Hall–Kier alpha value is -7.86. The quantitative estimate of drug-likeness (QED) is 0.0558. The van der Waals surface area contributed by atoms with E-state index in [0.717, 1.165) is 30.4 Å². The fourth-order valence-corrected chi connectivity index (χ4v) is 6.53. The Bertz CT molecular complexity index is 2710. The standard InChI is InChI=1S/C24H20O.2C13H16.C8H10.C5H10O.C4H8.C2H4.C2H2/c1(4-11-19-12-5-3-6-13-19)2-7-14-20-15-10-17-22-21-16-8-9-18-23(21)25-24(20)22;1-4-6-12(5-2)13-9-7-11(3)8-10-13;1-3-5-9-12(4-2)13-10-7-6-8-11-13;1-7-3-5-8(2)6-4-7;1-5(2)4-6-3;1-3-4-2;2*1-2/h1-10,12-13,15-18H,11,14H2;4-10H,1-3H3;4-11H,3H2,1-2H3;3-6H,1-2H3;4H,1-3H3;3-4H,1-2H3;1-2H2;1-2H/b4-1-,7-2-;6-4-,12-5+;9-5-,12-4+;;;4-3-;;. The van der Waals surface area contributed by atoms with Gasteiger partial charge in [0.05, 0.1) is 13.4 Å². The second-order valence-corrected chi connectivity index (χ2v) is 16.4. The van der Waals surface area contributed by atoms with Gasteiger partial charge in [-0.05, 0) is 134 Å². The zero-order valence-corrected chi connectivity index (χ0v) is 46.4. The number of furan rings is 1. The summed E-state index contributed by atoms with van der Waals surface area (Å²) < 4.78 is 10.7. The second-order valence-electron chi connectivity index (χ2n) is 16.4. The number of hydrogen-bond donors (Lipinski definition) is 0. The van der Waals surface area contributed by atoms with E-state index in [1.54, 1.807) is 13.4 Å². The molecule has 0 fully saturated rings. The summed E-state index contributed by atoms with van der Waals surface area (Å²) in [6.45, 7) is 28.6. The van der Waals surface area contributed by atoms with E-state index in [2.05, 4.69) is 260 Å². The summed E-state index contributed by atoms with van der Waals surface area (Å²) in [4.78, 5) is 0. The minimum Gasteiger partial charge on any atom is -0.504 e. The van der Waals surface area contributed by atoms with Crippen LogP contribution in [0.25, 0.3) is 33.1 Å². The number of methoxy groups -OCH3 is 1. The number of fused-ring (bicyclic) bond motifs is 3. The molecule has 6 aromatic carbocycles. The summed E-state index contributed by atoms with van der Waals surface area (Å²) in [7, 11) is 1.65. The number of rotatable bonds is 11. The predicted molar refractivity (Wildman–Crippen MR) is 329 cm³/mol. The molecule has 73 heavy (non-hydrogen) atoms. The van der Waals surface area contributed by atoms with E-state index in [4.69, 9.17) is 4.42 Å². The summed E-state index contributed by atoms with van der Waals surface area (Å²) in [6, 6.07) is 52.6. The molecule has 0 atom stereocenters. The molecule has 2 heteroatoms. The minimum atomic E-state index is 0.868. The molecule has 0 amide bonds. The van der Waals surface area contributed by atoms with Crippen LogP contribution in [0.3, 0.4) is 0 Å². The second kappa shape index (κ2) is 43.0. The Kier molecular flexibility index (Phi) is 38.3. The van der Waals surface area contributed by atoms with Gasteiger partial charge in [-0.15, -0.1) is 26.0 Å². The highest BCUT2D eigenvalue weighted by Crippen LogP contribution is 2.31. The molecule has 0 spiro atoms. The Morgan fingerprint density at radius 3 is 1.47 bits per heavy atom. The molecule has 0 N–H and O–H groups in total. The maximum Gasteiger partial charge on any atom is 0.138 e. The average molecular weight is 971 g/mol. The topological polar surface area (TPSA) is 22.4 Å². The number of allylic oxidation sites excluding steroid dienone is 15. The van der Waals surface area contributed by atoms with Crippen molar-refractivity contribution in [3.63, 3.8) is 0 Å². The maximum atomic E-state index is 6.07. The number of aryl methyl sites for hydroxylation is 3. The molecule has 0 aliphatic carbocycles. The first-order valence-electron chi connectivity index (χ1n) is 25.1. The van der Waals surface area contributed by atoms with Crippen molar-refractivity contribution in [2.45, 2.75) is 95.4 Å². The number of para-hydroxylation sites is 2. The summed E-state index contributed by atoms with van der Waals surface area (Å²) in [5, 5.41) is 2.38. The van der Waals surface area contributed by atoms with Gasteiger partial charge in [0.1, 0.15) is 11.2 Å². The lowest BCUT2D eigenvalue weighted by atomic mass is 10.0. The van der Waals surface area contributed by atoms with E-state index in [9.17, 15) is 0 Å². The molecule has 0 unspecified atom stereocenters. The van der Waals surface area contributed by atoms with Crippen LogP contribution in [0.2, 0.25) is 0 Å². The third-order valence-electron chi connectivity index (χ3n) is 10.3. The molecule has 2 nitrogen and oxygen atoms in total. The van der Waals surface area contributed by atoms with Gasteiger partial charge in [0.15, 0.2) is 0 Å². The third kappa shape index (κ3) is 28.5. The van der Waals surface area contributed by atoms with Crippen LogP contribution in [-0.4, -0.2) is 7.11 Å². The highest BCUT2D eigenvalue weighted by molar-refractivity contribution is 6.05. The van der Waals surface area contributed by atoms with Crippen LogP contribution in [0.1, 0.15) is 101 Å². The molecular weight excluding hydrogens is 885 g/mol. The fraction of sp³-hybridized carbons (Fsp3) is 0.211. The van der Waals surface area contributed by atoms with Crippen molar-refractivity contribution in [2.75, 3.05) is 7.11 Å². The molecule has 0 aliphatic rings. The van der Waals surface area contributed by atoms with Crippen LogP contribution in [0.15, 0.2) is 254 Å². The van der Waals surface area contributed by atoms with Gasteiger partial charge in [-0.3, -0.25) is 0 Å². The molecule has 0 saturated heterocycles.